The van der Waals surface area contributed by atoms with Crippen LogP contribution in [-0.4, -0.2) is 46.0 Å². The molecule has 0 spiro atoms. The third-order valence-electron chi connectivity index (χ3n) is 5.68. The van der Waals surface area contributed by atoms with Gasteiger partial charge in [-0.05, 0) is 39.2 Å². The Bertz CT molecular complexity index is 2270. The number of nitrogens with zero attached hydrogens (tertiary/aromatic N) is 7. The number of nitrogen functional groups attached to an aromatic ring is 2. The predicted octanol–water partition coefficient (Wildman–Crippen LogP) is -10.6. The summed E-state index contributed by atoms with van der Waals surface area (Å²) in [6, 6.07) is 17.6. The third kappa shape index (κ3) is 12.4. The Labute approximate surface area is 400 Å². The fourth-order valence-electron chi connectivity index (χ4n) is 3.81. The van der Waals surface area contributed by atoms with Gasteiger partial charge in [0.2, 0.25) is 17.2 Å². The number of benzene rings is 4. The van der Waals surface area contributed by atoms with E-state index in [9.17, 15) is 31.0 Å². The summed E-state index contributed by atoms with van der Waals surface area (Å²) in [5.74, 6) is -0.989. The van der Waals surface area contributed by atoms with E-state index in [1.54, 1.807) is 6.07 Å². The maximum Gasteiger partial charge on any atom is 1.00 e. The van der Waals surface area contributed by atoms with Crippen LogP contribution >= 0.6 is 11.6 Å². The van der Waals surface area contributed by atoms with Crippen LogP contribution in [0.2, 0.25) is 5.28 Å². The van der Waals surface area contributed by atoms with Crippen molar-refractivity contribution < 1.29 is 179 Å². The largest absolute Gasteiger partial charge is 1.00 e. The maximum atomic E-state index is 12.1. The number of azo groups is 2. The van der Waals surface area contributed by atoms with E-state index in [0.717, 1.165) is 24.3 Å². The van der Waals surface area contributed by atoms with Crippen LogP contribution in [0.5, 0.6) is 5.75 Å². The fourth-order valence-corrected chi connectivity index (χ4v) is 5.21. The molecule has 0 aliphatic heterocycles. The fraction of sp³-hybridized carbons (Fsp3) is 0. The van der Waals surface area contributed by atoms with E-state index in [1.165, 1.54) is 18.2 Å². The number of hydrogen-bond acceptors (Lipinski definition) is 17. The first-order valence-corrected chi connectivity index (χ1v) is 15.1. The molecule has 0 saturated heterocycles. The SMILES string of the molecule is Nc1nc(Cl)nc(Nc2cc[c-]c(N=Nc3c(S(=O)(=O)[O-])cc4c[c-]c(N=Nc5c[c-]ccc5S(=O)(=O)[O-])c(N)c4c3O)c2)n1.[Na+].[Na+].[Na+].[Na+].[Na+]. The van der Waals surface area contributed by atoms with Gasteiger partial charge in [-0.2, -0.15) is 67.6 Å². The number of nitrogens with two attached hydrogens (primary N) is 2. The van der Waals surface area contributed by atoms with E-state index in [4.69, 9.17) is 23.1 Å². The molecular weight excluding hydrogens is 767 g/mol. The monoisotopic (exact) mass is 780 g/mol. The van der Waals surface area contributed by atoms with Crippen LogP contribution in [0, 0.1) is 18.2 Å². The average Bonchev–Trinajstić information content (AvgIpc) is 2.95. The Hall–Kier alpha value is -0.340. The molecule has 1 aromatic heterocycles. The van der Waals surface area contributed by atoms with Crippen molar-refractivity contribution in [3.05, 3.63) is 72.0 Å². The van der Waals surface area contributed by atoms with Crippen molar-refractivity contribution in [3.63, 3.8) is 0 Å². The topological polar surface area (TPSA) is 287 Å². The molecule has 0 aliphatic rings. The van der Waals surface area contributed by atoms with Gasteiger partial charge in [0.1, 0.15) is 31.7 Å². The van der Waals surface area contributed by atoms with E-state index < -0.39 is 41.5 Å². The normalized spacial score (nSPS) is 11.1. The van der Waals surface area contributed by atoms with Gasteiger partial charge < -0.3 is 31.0 Å². The van der Waals surface area contributed by atoms with Crippen LogP contribution in [0.1, 0.15) is 0 Å². The summed E-state index contributed by atoms with van der Waals surface area (Å²) in [5, 5.41) is 28.8. The van der Waals surface area contributed by atoms with Gasteiger partial charge in [-0.25, -0.2) is 21.9 Å². The number of hydrogen-bond donors (Lipinski definition) is 4. The number of fused-ring (bicyclic) bond motifs is 1. The van der Waals surface area contributed by atoms with Gasteiger partial charge in [0.05, 0.1) is 4.90 Å². The van der Waals surface area contributed by atoms with Gasteiger partial charge in [0, 0.05) is 0 Å². The molecule has 5 rings (SSSR count). The Morgan fingerprint density at radius 2 is 1.50 bits per heavy atom. The molecule has 6 N–H and O–H groups in total. The minimum atomic E-state index is -5.22. The van der Waals surface area contributed by atoms with Crippen molar-refractivity contribution in [2.75, 3.05) is 16.8 Å². The van der Waals surface area contributed by atoms with Crippen molar-refractivity contribution in [1.29, 1.82) is 0 Å². The standard InChI is InChI=1S/C25H16ClN10O7S2.5Na/c26-23-30-24(28)32-25(31-23)29-13-4-3-5-14(11-13)33-36-21-18(45(41,42)43)10-12-8-9-16(20(27)19(12)22(21)37)35-34-15-6-1-2-7-17(15)44(38,39)40;;;;;/h2-4,6-8,10-11,37H,27H2,(H,38,39,40)(H,41,42,43)(H3,28,29,30,31,32);;;;;/q-3;5*+1/p-2. The van der Waals surface area contributed by atoms with Crippen LogP contribution in [-0.2, 0) is 20.2 Å². The molecule has 4 aromatic carbocycles. The molecule has 0 radical (unpaired) electrons. The second kappa shape index (κ2) is 20.9. The second-order valence-corrected chi connectivity index (χ2v) is 11.7. The zero-order valence-electron chi connectivity index (χ0n) is 27.0. The van der Waals surface area contributed by atoms with Crippen LogP contribution in [0.25, 0.3) is 10.8 Å². The number of phenolic OH excluding ortho intramolecular Hbond substituents is 1. The van der Waals surface area contributed by atoms with Crippen molar-refractivity contribution >= 4 is 88.6 Å². The van der Waals surface area contributed by atoms with E-state index in [1.807, 2.05) is 0 Å². The van der Waals surface area contributed by atoms with Gasteiger partial charge in [0.25, 0.3) is 0 Å². The summed E-state index contributed by atoms with van der Waals surface area (Å²) >= 11 is 5.79. The van der Waals surface area contributed by atoms with E-state index in [2.05, 4.69) is 58.9 Å². The molecule has 17 nitrogen and oxygen atoms in total. The quantitative estimate of drug-likeness (QED) is 0.0375. The summed E-state index contributed by atoms with van der Waals surface area (Å²) in [6.45, 7) is 0. The Kier molecular flexibility index (Phi) is 20.8. The number of aromatic hydroxyl groups is 1. The van der Waals surface area contributed by atoms with E-state index in [0.29, 0.717) is 5.69 Å². The molecule has 0 aliphatic carbocycles. The summed E-state index contributed by atoms with van der Waals surface area (Å²) < 4.78 is 71.0. The van der Waals surface area contributed by atoms with Gasteiger partial charge in [-0.15, -0.1) is 28.7 Å². The molecule has 0 atom stereocenters. The van der Waals surface area contributed by atoms with Crippen molar-refractivity contribution in [2.24, 2.45) is 20.5 Å². The number of nitrogens with one attached hydrogen (secondary N) is 1. The van der Waals surface area contributed by atoms with Crippen molar-refractivity contribution in [2.45, 2.75) is 9.79 Å². The molecule has 1 heterocycles. The molecule has 50 heavy (non-hydrogen) atoms. The molecule has 25 heteroatoms. The first-order valence-electron chi connectivity index (χ1n) is 11.9. The smallest absolute Gasteiger partial charge is 0.746 e. The number of phenols is 1. The number of rotatable bonds is 8. The molecule has 0 amide bonds. The Balaban J connectivity index is 0.00000480. The van der Waals surface area contributed by atoms with Gasteiger partial charge in [0.15, 0.2) is 0 Å². The minimum absolute atomic E-state index is 0. The van der Waals surface area contributed by atoms with Crippen LogP contribution in [0.4, 0.5) is 46.0 Å². The summed E-state index contributed by atoms with van der Waals surface area (Å²) in [6.07, 6.45) is 0. The van der Waals surface area contributed by atoms with Gasteiger partial charge in [-0.1, -0.05) is 17.1 Å². The van der Waals surface area contributed by atoms with Gasteiger partial charge >= 0.3 is 148 Å². The molecule has 0 saturated carbocycles. The Morgan fingerprint density at radius 1 is 0.820 bits per heavy atom. The number of halogens is 1. The number of anilines is 4. The molecule has 0 bridgehead atoms. The summed E-state index contributed by atoms with van der Waals surface area (Å²) in [4.78, 5) is 9.81. The zero-order chi connectivity index (χ0) is 32.5. The first kappa shape index (κ1) is 49.7. The molecule has 0 fully saturated rings. The maximum absolute atomic E-state index is 12.1. The number of aromatic nitrogens is 3. The van der Waals surface area contributed by atoms with Crippen LogP contribution in [0.3, 0.4) is 0 Å². The van der Waals surface area contributed by atoms with Gasteiger partial charge in [-0.3, -0.25) is 0 Å². The summed E-state index contributed by atoms with van der Waals surface area (Å²) in [5.41, 5.74) is 10.5. The summed E-state index contributed by atoms with van der Waals surface area (Å²) in [7, 11) is -10.1. The average molecular weight is 781 g/mol. The van der Waals surface area contributed by atoms with Crippen molar-refractivity contribution in [1.82, 2.24) is 15.0 Å². The molecule has 5 aromatic rings. The first-order chi connectivity index (χ1) is 21.2. The molecular formula is C25H14ClN10Na5O7S2. The van der Waals surface area contributed by atoms with E-state index >= 15 is 0 Å². The zero-order valence-corrected chi connectivity index (χ0v) is 39.4. The Morgan fingerprint density at radius 3 is 2.14 bits per heavy atom. The van der Waals surface area contributed by atoms with Crippen LogP contribution in [0.15, 0.2) is 78.8 Å². The minimum Gasteiger partial charge on any atom is -0.746 e. The third-order valence-corrected chi connectivity index (χ3v) is 7.59. The van der Waals surface area contributed by atoms with E-state index in [-0.39, 0.29) is 198 Å². The second-order valence-electron chi connectivity index (χ2n) is 8.66. The van der Waals surface area contributed by atoms with Crippen molar-refractivity contribution in [3.8, 4) is 5.75 Å². The molecule has 0 unspecified atom stereocenters. The van der Waals surface area contributed by atoms with Crippen LogP contribution < -0.4 is 165 Å². The predicted molar refractivity (Wildman–Crippen MR) is 156 cm³/mol. The molecule has 230 valence electrons.